The number of carboxylic acid groups (broad SMARTS) is 2. The number of hydrogen-bond donors (Lipinski definition) is 1. The van der Waals surface area contributed by atoms with Gasteiger partial charge in [0.25, 0.3) is 0 Å². The predicted molar refractivity (Wildman–Crippen MR) is 38.5 cm³/mol. The van der Waals surface area contributed by atoms with Gasteiger partial charge in [0.1, 0.15) is 5.75 Å². The van der Waals surface area contributed by atoms with Crippen molar-refractivity contribution >= 4 is 17.8 Å². The maximum Gasteiger partial charge on any atom is 1.00 e. The van der Waals surface area contributed by atoms with Crippen LogP contribution < -0.4 is 113 Å². The van der Waals surface area contributed by atoms with E-state index in [0.29, 0.717) is 5.02 Å². The fourth-order valence-corrected chi connectivity index (χ4v) is 0.661. The Morgan fingerprint density at radius 1 is 1.29 bits per heavy atom. The Labute approximate surface area is 171 Å². The molecule has 66 valence electrons. The van der Waals surface area contributed by atoms with E-state index in [9.17, 15) is 0 Å². The molecule has 4 nitrogen and oxygen atoms in total. The quantitative estimate of drug-likeness (QED) is 0.474. The molecule has 0 spiro atoms. The zero-order valence-electron chi connectivity index (χ0n) is 7.86. The SMILES string of the molecule is O=C([O-])[O-].Oc1cccc(Cl)c1.[K+].[K+]. The molecular formula is C7H5ClK2O4. The van der Waals surface area contributed by atoms with Gasteiger partial charge in [-0.3, -0.25) is 0 Å². The van der Waals surface area contributed by atoms with Gasteiger partial charge < -0.3 is 20.1 Å². The fourth-order valence-electron chi connectivity index (χ4n) is 0.476. The van der Waals surface area contributed by atoms with Crippen molar-refractivity contribution in [3.8, 4) is 5.75 Å². The second kappa shape index (κ2) is 12.9. The summed E-state index contributed by atoms with van der Waals surface area (Å²) in [5.74, 6) is 0.206. The van der Waals surface area contributed by atoms with Gasteiger partial charge in [-0.2, -0.15) is 0 Å². The molecule has 14 heavy (non-hydrogen) atoms. The molecule has 1 rings (SSSR count). The normalized spacial score (nSPS) is 6.93. The minimum absolute atomic E-state index is 0. The number of carbonyl (C=O) groups excluding carboxylic acids is 1. The van der Waals surface area contributed by atoms with Crippen LogP contribution in [0.25, 0.3) is 0 Å². The molecule has 0 heterocycles. The van der Waals surface area contributed by atoms with Crippen molar-refractivity contribution in [2.75, 3.05) is 0 Å². The zero-order chi connectivity index (χ0) is 9.56. The monoisotopic (exact) mass is 266 g/mol. The minimum atomic E-state index is -2.33. The Kier molecular flexibility index (Phi) is 19.5. The molecule has 0 saturated carbocycles. The maximum atomic E-state index is 8.73. The van der Waals surface area contributed by atoms with E-state index in [0.717, 1.165) is 0 Å². The first-order chi connectivity index (χ1) is 5.52. The van der Waals surface area contributed by atoms with Gasteiger partial charge in [0.05, 0.1) is 0 Å². The van der Waals surface area contributed by atoms with Crippen LogP contribution in [-0.4, -0.2) is 11.3 Å². The molecule has 0 aliphatic carbocycles. The van der Waals surface area contributed by atoms with E-state index in [1.54, 1.807) is 18.2 Å². The average molecular weight is 267 g/mol. The van der Waals surface area contributed by atoms with Crippen LogP contribution in [0, 0.1) is 0 Å². The Balaban J connectivity index is -0.000000180. The van der Waals surface area contributed by atoms with Gasteiger partial charge in [-0.15, -0.1) is 0 Å². The van der Waals surface area contributed by atoms with Crippen LogP contribution in [0.3, 0.4) is 0 Å². The molecule has 0 aliphatic heterocycles. The van der Waals surface area contributed by atoms with E-state index in [-0.39, 0.29) is 109 Å². The first kappa shape index (κ1) is 21.2. The largest absolute Gasteiger partial charge is 1.00 e. The third-order valence-corrected chi connectivity index (χ3v) is 1.04. The number of aromatic hydroxyl groups is 1. The summed E-state index contributed by atoms with van der Waals surface area (Å²) in [5, 5.41) is 26.0. The van der Waals surface area contributed by atoms with E-state index in [1.165, 1.54) is 6.07 Å². The molecule has 0 aliphatic rings. The number of carbonyl (C=O) groups is 1. The second-order valence-electron chi connectivity index (χ2n) is 1.73. The molecule has 0 fully saturated rings. The molecule has 0 amide bonds. The van der Waals surface area contributed by atoms with Crippen molar-refractivity contribution in [3.63, 3.8) is 0 Å². The van der Waals surface area contributed by atoms with Gasteiger partial charge in [-0.05, 0) is 24.4 Å². The number of phenols is 1. The third kappa shape index (κ3) is 16.3. The average Bonchev–Trinajstić information content (AvgIpc) is 1.84. The van der Waals surface area contributed by atoms with Gasteiger partial charge in [0, 0.05) is 5.02 Å². The Morgan fingerprint density at radius 3 is 1.93 bits per heavy atom. The molecule has 1 N–H and O–H groups in total. The van der Waals surface area contributed by atoms with Crippen LogP contribution in [0.5, 0.6) is 5.75 Å². The van der Waals surface area contributed by atoms with Gasteiger partial charge in [-0.1, -0.05) is 17.7 Å². The van der Waals surface area contributed by atoms with E-state index < -0.39 is 6.16 Å². The summed E-state index contributed by atoms with van der Waals surface area (Å²) in [5.41, 5.74) is 0. The second-order valence-corrected chi connectivity index (χ2v) is 2.17. The summed E-state index contributed by atoms with van der Waals surface area (Å²) in [4.78, 5) is 8.33. The molecular weight excluding hydrogens is 262 g/mol. The Hall–Kier alpha value is 1.85. The number of benzene rings is 1. The van der Waals surface area contributed by atoms with Crippen molar-refractivity contribution in [2.45, 2.75) is 0 Å². The number of phenolic OH excluding ortho intramolecular Hbond substituents is 1. The van der Waals surface area contributed by atoms with Crippen LogP contribution in [0.15, 0.2) is 24.3 Å². The molecule has 0 radical (unpaired) electrons. The molecule has 0 aromatic heterocycles. The molecule has 0 bridgehead atoms. The van der Waals surface area contributed by atoms with Crippen molar-refractivity contribution in [3.05, 3.63) is 29.3 Å². The van der Waals surface area contributed by atoms with Crippen molar-refractivity contribution < 1.29 is 123 Å². The predicted octanol–water partition coefficient (Wildman–Crippen LogP) is -6.39. The van der Waals surface area contributed by atoms with E-state index in [2.05, 4.69) is 0 Å². The van der Waals surface area contributed by atoms with E-state index >= 15 is 0 Å². The molecule has 0 atom stereocenters. The van der Waals surface area contributed by atoms with Gasteiger partial charge in [0.2, 0.25) is 0 Å². The maximum absolute atomic E-state index is 8.73. The molecule has 0 saturated heterocycles. The van der Waals surface area contributed by atoms with Crippen LogP contribution in [0.2, 0.25) is 5.02 Å². The Morgan fingerprint density at radius 2 is 1.71 bits per heavy atom. The first-order valence-corrected chi connectivity index (χ1v) is 3.22. The topological polar surface area (TPSA) is 83.4 Å². The molecule has 7 heteroatoms. The summed E-state index contributed by atoms with van der Waals surface area (Å²) in [6.07, 6.45) is -2.33. The summed E-state index contributed by atoms with van der Waals surface area (Å²) >= 11 is 5.48. The van der Waals surface area contributed by atoms with E-state index in [1.807, 2.05) is 0 Å². The van der Waals surface area contributed by atoms with Crippen molar-refractivity contribution in [1.29, 1.82) is 0 Å². The third-order valence-electron chi connectivity index (χ3n) is 0.808. The van der Waals surface area contributed by atoms with Gasteiger partial charge in [0.15, 0.2) is 0 Å². The minimum Gasteiger partial charge on any atom is -0.652 e. The zero-order valence-corrected chi connectivity index (χ0v) is 14.9. The van der Waals surface area contributed by atoms with Crippen molar-refractivity contribution in [1.82, 2.24) is 0 Å². The number of hydrogen-bond acceptors (Lipinski definition) is 4. The van der Waals surface area contributed by atoms with Crippen LogP contribution >= 0.6 is 11.6 Å². The van der Waals surface area contributed by atoms with Gasteiger partial charge in [-0.25, -0.2) is 0 Å². The fraction of sp³-hybridized carbons (Fsp3) is 0. The standard InChI is InChI=1S/C6H5ClO.CH2O3.2K/c7-5-2-1-3-6(8)4-5;2-1(3)4;;/h1-4,8H;(H2,2,3,4);;/q;;2*+1/p-2. The summed E-state index contributed by atoms with van der Waals surface area (Å²) in [7, 11) is 0. The molecule has 0 unspecified atom stereocenters. The summed E-state index contributed by atoms with van der Waals surface area (Å²) in [6, 6.07) is 6.46. The molecule has 1 aromatic rings. The smallest absolute Gasteiger partial charge is 0.652 e. The van der Waals surface area contributed by atoms with E-state index in [4.69, 9.17) is 31.7 Å². The number of rotatable bonds is 0. The van der Waals surface area contributed by atoms with Gasteiger partial charge >= 0.3 is 103 Å². The van der Waals surface area contributed by atoms with Crippen LogP contribution in [-0.2, 0) is 0 Å². The summed E-state index contributed by atoms with van der Waals surface area (Å²) < 4.78 is 0. The van der Waals surface area contributed by atoms with Crippen LogP contribution in [0.1, 0.15) is 0 Å². The molecule has 1 aromatic carbocycles. The summed E-state index contributed by atoms with van der Waals surface area (Å²) in [6.45, 7) is 0. The van der Waals surface area contributed by atoms with Crippen LogP contribution in [0.4, 0.5) is 4.79 Å². The first-order valence-electron chi connectivity index (χ1n) is 2.85. The number of halogens is 1. The Bertz CT molecular complexity index is 248. The van der Waals surface area contributed by atoms with Crippen molar-refractivity contribution in [2.24, 2.45) is 0 Å².